The molecule has 1 aromatic heterocycles. The minimum absolute atomic E-state index is 0.129. The van der Waals surface area contributed by atoms with Crippen LogP contribution in [0.25, 0.3) is 0 Å². The van der Waals surface area contributed by atoms with E-state index in [1.165, 1.54) is 31.5 Å². The summed E-state index contributed by atoms with van der Waals surface area (Å²) >= 11 is 0. The van der Waals surface area contributed by atoms with Crippen molar-refractivity contribution in [2.24, 2.45) is 0 Å². The maximum absolute atomic E-state index is 12.2. The number of nitrogens with one attached hydrogen (secondary N) is 1. The van der Waals surface area contributed by atoms with Gasteiger partial charge in [0.1, 0.15) is 5.69 Å². The zero-order valence-corrected chi connectivity index (χ0v) is 17.4. The summed E-state index contributed by atoms with van der Waals surface area (Å²) in [7, 11) is 0. The second-order valence-electron chi connectivity index (χ2n) is 7.80. The van der Waals surface area contributed by atoms with E-state index in [2.05, 4.69) is 44.5 Å². The van der Waals surface area contributed by atoms with E-state index < -0.39 is 0 Å². The zero-order valence-electron chi connectivity index (χ0n) is 18.4. The first-order valence-electron chi connectivity index (χ1n) is 11.2. The van der Waals surface area contributed by atoms with Gasteiger partial charge < -0.3 is 20.7 Å². The van der Waals surface area contributed by atoms with E-state index in [1.54, 1.807) is 0 Å². The highest BCUT2D eigenvalue weighted by Crippen LogP contribution is 2.34. The number of likely N-dealkylation sites (tertiary alicyclic amines) is 1. The highest BCUT2D eigenvalue weighted by atomic mass is 16.5. The van der Waals surface area contributed by atoms with E-state index in [4.69, 9.17) is 11.8 Å². The van der Waals surface area contributed by atoms with Gasteiger partial charge in [0, 0.05) is 14.5 Å². The van der Waals surface area contributed by atoms with Crippen LogP contribution in [-0.2, 0) is 17.9 Å². The molecule has 2 aromatic rings. The highest BCUT2D eigenvalue weighted by molar-refractivity contribution is 6.03. The molecule has 2 aliphatic rings. The Morgan fingerprint density at radius 3 is 2.57 bits per heavy atom. The number of rotatable bonds is 8. The molecule has 1 saturated heterocycles. The molecule has 0 radical (unpaired) electrons. The predicted molar refractivity (Wildman–Crippen MR) is 117 cm³/mol. The first-order valence-corrected chi connectivity index (χ1v) is 10.6. The number of hydrogen-bond acceptors (Lipinski definition) is 7. The number of anilines is 3. The summed E-state index contributed by atoms with van der Waals surface area (Å²) in [5.41, 5.74) is 8.86. The number of benzene rings is 1. The van der Waals surface area contributed by atoms with Crippen molar-refractivity contribution < 1.29 is 10.9 Å². The Labute approximate surface area is 178 Å². The Balaban J connectivity index is 1.49. The second kappa shape index (κ2) is 9.30. The van der Waals surface area contributed by atoms with Gasteiger partial charge in [0.15, 0.2) is 11.6 Å². The number of aromatic nitrogens is 2. The first-order chi connectivity index (χ1) is 15.0. The Bertz CT molecular complexity index is 917. The van der Waals surface area contributed by atoms with Gasteiger partial charge >= 0.3 is 6.01 Å². The Morgan fingerprint density at radius 1 is 1.17 bits per heavy atom. The number of hydrogen-bond donors (Lipinski definition) is 2. The lowest BCUT2D eigenvalue weighted by Gasteiger charge is -2.30. The maximum Gasteiger partial charge on any atom is 0.320 e. The van der Waals surface area contributed by atoms with Gasteiger partial charge in [0.25, 0.3) is 0 Å². The van der Waals surface area contributed by atoms with Crippen molar-refractivity contribution in [2.75, 3.05) is 42.2 Å². The Kier molecular flexibility index (Phi) is 5.92. The number of fused-ring (bicyclic) bond motifs is 1. The van der Waals surface area contributed by atoms with E-state index in [-0.39, 0.29) is 37.3 Å². The Hall–Kier alpha value is -2.87. The molecule has 3 N–H and O–H groups in total. The molecule has 30 heavy (non-hydrogen) atoms. The van der Waals surface area contributed by atoms with Crippen molar-refractivity contribution in [3.8, 4) is 6.01 Å². The van der Waals surface area contributed by atoms with Gasteiger partial charge in [-0.3, -0.25) is 9.69 Å². The molecule has 8 nitrogen and oxygen atoms in total. The van der Waals surface area contributed by atoms with Crippen molar-refractivity contribution in [1.82, 2.24) is 14.9 Å². The Morgan fingerprint density at radius 2 is 1.87 bits per heavy atom. The molecule has 0 unspecified atom stereocenters. The van der Waals surface area contributed by atoms with Gasteiger partial charge in [0.05, 0.1) is 13.2 Å². The number of amides is 1. The monoisotopic (exact) mass is 411 g/mol. The van der Waals surface area contributed by atoms with E-state index >= 15 is 0 Å². The third kappa shape index (κ3) is 4.81. The molecule has 1 aromatic carbocycles. The fourth-order valence-corrected chi connectivity index (χ4v) is 3.84. The van der Waals surface area contributed by atoms with Gasteiger partial charge in [0.2, 0.25) is 5.91 Å². The van der Waals surface area contributed by atoms with Crippen LogP contribution in [0.5, 0.6) is 6.01 Å². The summed E-state index contributed by atoms with van der Waals surface area (Å²) in [6.45, 7) is 6.15. The lowest BCUT2D eigenvalue weighted by Crippen LogP contribution is -2.39. The number of carbonyl (C=O) groups excluding carboxylic acids is 1. The number of carbonyl (C=O) groups is 1. The lowest BCUT2D eigenvalue weighted by atomic mass is 10.1. The van der Waals surface area contributed by atoms with Crippen molar-refractivity contribution in [1.29, 1.82) is 0 Å². The van der Waals surface area contributed by atoms with Crippen LogP contribution in [0, 0.1) is 0 Å². The van der Waals surface area contributed by atoms with E-state index in [1.807, 2.05) is 11.8 Å². The number of nitrogens with two attached hydrogens (primary N) is 1. The number of nitrogen functional groups attached to an aromatic ring is 1. The van der Waals surface area contributed by atoms with Gasteiger partial charge in [-0.05, 0) is 43.5 Å². The highest BCUT2D eigenvalue weighted by Gasteiger charge is 2.27. The predicted octanol–water partition coefficient (Wildman–Crippen LogP) is 2.79. The molecule has 1 amide bonds. The summed E-state index contributed by atoms with van der Waals surface area (Å²) in [5, 5.41) is 2.77. The molecule has 0 spiro atoms. The topological polar surface area (TPSA) is 96.6 Å². The summed E-state index contributed by atoms with van der Waals surface area (Å²) in [5.74, 6) is 0.553. The molecular weight excluding hydrogens is 380 g/mol. The van der Waals surface area contributed by atoms with E-state index in [0.717, 1.165) is 12.1 Å². The maximum atomic E-state index is 12.2. The van der Waals surface area contributed by atoms with Crippen molar-refractivity contribution in [3.05, 3.63) is 35.4 Å². The van der Waals surface area contributed by atoms with Gasteiger partial charge in [-0.25, -0.2) is 0 Å². The van der Waals surface area contributed by atoms with Gasteiger partial charge in [-0.2, -0.15) is 9.97 Å². The van der Waals surface area contributed by atoms with Crippen LogP contribution in [-0.4, -0.2) is 47.0 Å². The largest absolute Gasteiger partial charge is 0.463 e. The molecule has 0 aliphatic carbocycles. The van der Waals surface area contributed by atoms with E-state index in [9.17, 15) is 4.79 Å². The van der Waals surface area contributed by atoms with Crippen LogP contribution in [0.2, 0.25) is 0 Å². The molecule has 0 saturated carbocycles. The first kappa shape index (κ1) is 19.1. The van der Waals surface area contributed by atoms with Crippen LogP contribution >= 0.6 is 0 Å². The quantitative estimate of drug-likeness (QED) is 0.689. The summed E-state index contributed by atoms with van der Waals surface area (Å²) in [6, 6.07) is 8.64. The van der Waals surface area contributed by atoms with Gasteiger partial charge in [-0.15, -0.1) is 0 Å². The molecule has 1 fully saturated rings. The molecule has 8 heteroatoms. The zero-order chi connectivity index (χ0) is 21.8. The fourth-order valence-electron chi connectivity index (χ4n) is 3.84. The average Bonchev–Trinajstić information content (AvgIpc) is 3.27. The minimum Gasteiger partial charge on any atom is -0.463 e. The summed E-state index contributed by atoms with van der Waals surface area (Å²) in [4.78, 5) is 25.2. The van der Waals surface area contributed by atoms with Crippen LogP contribution in [0.4, 0.5) is 17.3 Å². The van der Waals surface area contributed by atoms with Crippen LogP contribution < -0.4 is 20.7 Å². The molecule has 160 valence electrons. The van der Waals surface area contributed by atoms with Crippen molar-refractivity contribution >= 4 is 23.2 Å². The fraction of sp³-hybridized carbons (Fsp3) is 0.500. The molecule has 0 bridgehead atoms. The lowest BCUT2D eigenvalue weighted by molar-refractivity contribution is -0.115. The smallest absolute Gasteiger partial charge is 0.320 e. The third-order valence-electron chi connectivity index (χ3n) is 5.42. The molecule has 2 aliphatic heterocycles. The van der Waals surface area contributed by atoms with E-state index in [0.29, 0.717) is 24.5 Å². The van der Waals surface area contributed by atoms with Crippen LogP contribution in [0.1, 0.15) is 45.1 Å². The number of ether oxygens (including phenoxy) is 1. The van der Waals surface area contributed by atoms with Gasteiger partial charge in [-0.1, -0.05) is 37.6 Å². The van der Waals surface area contributed by atoms with Crippen LogP contribution in [0.15, 0.2) is 24.3 Å². The minimum atomic E-state index is -0.351. The molecule has 4 rings (SSSR count). The van der Waals surface area contributed by atoms with Crippen LogP contribution in [0.3, 0.4) is 0 Å². The summed E-state index contributed by atoms with van der Waals surface area (Å²) < 4.78 is 13.4. The third-order valence-corrected chi connectivity index (χ3v) is 5.42. The number of nitrogens with zero attached hydrogens (tertiary/aromatic N) is 4. The molecular formula is C22H30N6O2. The standard InChI is InChI=1S/C22H30N6O2/c1-2-3-12-30-22-25-20(23)19-21(26-22)28(15-18(29)24-19)14-17-8-6-16(7-9-17)13-27-10-4-5-11-27/h6-9H,2-5,10-15H2,1H3,(H,24,29)(H2,23,25,26)/i3D/t3-/m0/s1. The second-order valence-corrected chi connectivity index (χ2v) is 7.80. The SMILES string of the molecule is [2H][C@@H](CC)COc1nc(N)c2c(n1)N(Cc1ccc(CN3CCCC3)cc1)CC(=O)N2. The molecule has 3 heterocycles. The normalized spacial score (nSPS) is 18.0. The molecule has 1 atom stereocenters. The van der Waals surface area contributed by atoms with Crippen molar-refractivity contribution in [3.63, 3.8) is 0 Å². The average molecular weight is 412 g/mol. The van der Waals surface area contributed by atoms with Crippen molar-refractivity contribution in [2.45, 2.75) is 45.7 Å². The summed E-state index contributed by atoms with van der Waals surface area (Å²) in [6.07, 6.45) is 2.89.